The van der Waals surface area contributed by atoms with Crippen molar-refractivity contribution in [2.24, 2.45) is 10.1 Å². The molecule has 0 spiro atoms. The van der Waals surface area contributed by atoms with E-state index >= 15 is 0 Å². The Balaban J connectivity index is 2.16. The summed E-state index contributed by atoms with van der Waals surface area (Å²) in [5, 5.41) is 28.5. The van der Waals surface area contributed by atoms with Crippen LogP contribution in [0.1, 0.15) is 12.5 Å². The molecule has 0 fully saturated rings. The summed E-state index contributed by atoms with van der Waals surface area (Å²) in [4.78, 5) is 15.5. The van der Waals surface area contributed by atoms with Crippen LogP contribution in [0.4, 0.5) is 5.69 Å². The predicted octanol–water partition coefficient (Wildman–Crippen LogP) is 6.15. The van der Waals surface area contributed by atoms with E-state index in [4.69, 9.17) is 34.8 Å². The molecule has 3 aromatic rings. The summed E-state index contributed by atoms with van der Waals surface area (Å²) in [5.41, 5.74) is 1.84. The first-order chi connectivity index (χ1) is 14.7. The molecular formula is C20H15Cl3N4O3S. The lowest BCUT2D eigenvalue weighted by atomic mass is 10.2. The van der Waals surface area contributed by atoms with E-state index < -0.39 is 16.4 Å². The van der Waals surface area contributed by atoms with Gasteiger partial charge in [0.2, 0.25) is 10.6 Å². The molecule has 11 heteroatoms. The van der Waals surface area contributed by atoms with E-state index in [1.165, 1.54) is 23.6 Å². The molecule has 0 atom stereocenters. The SMILES string of the molecule is C=C(C)CN=c1scc(-c2ccc(Cl)c(Cl)c2)n1N=Cc1cc(Cl)cc([N+](=O)[O-])c1O. The second kappa shape index (κ2) is 9.65. The zero-order valence-electron chi connectivity index (χ0n) is 16.1. The number of aromatic nitrogens is 1. The Morgan fingerprint density at radius 1 is 1.29 bits per heavy atom. The van der Waals surface area contributed by atoms with Crippen molar-refractivity contribution < 1.29 is 10.0 Å². The molecule has 0 amide bonds. The molecule has 1 N–H and O–H groups in total. The van der Waals surface area contributed by atoms with Crippen molar-refractivity contribution >= 4 is 58.0 Å². The minimum atomic E-state index is -0.717. The third-order valence-corrected chi connectivity index (χ3v) is 5.79. The number of hydrogen-bond acceptors (Lipinski definition) is 6. The summed E-state index contributed by atoms with van der Waals surface area (Å²) in [6.45, 7) is 6.10. The number of aromatic hydroxyl groups is 1. The van der Waals surface area contributed by atoms with E-state index in [2.05, 4.69) is 16.7 Å². The maximum Gasteiger partial charge on any atom is 0.312 e. The van der Waals surface area contributed by atoms with E-state index in [9.17, 15) is 15.2 Å². The largest absolute Gasteiger partial charge is 0.502 e. The van der Waals surface area contributed by atoms with Gasteiger partial charge in [-0.25, -0.2) is 4.68 Å². The second-order valence-electron chi connectivity index (χ2n) is 6.48. The second-order valence-corrected chi connectivity index (χ2v) is 8.57. The number of halogens is 3. The molecule has 0 saturated carbocycles. The van der Waals surface area contributed by atoms with Crippen molar-refractivity contribution in [3.63, 3.8) is 0 Å². The Hall–Kier alpha value is -2.65. The number of hydrogen-bond donors (Lipinski definition) is 1. The van der Waals surface area contributed by atoms with Crippen LogP contribution in [0.25, 0.3) is 11.3 Å². The Labute approximate surface area is 196 Å². The number of phenols is 1. The third kappa shape index (κ3) is 5.34. The van der Waals surface area contributed by atoms with Crippen molar-refractivity contribution in [3.05, 3.63) is 83.4 Å². The minimum Gasteiger partial charge on any atom is -0.502 e. The Morgan fingerprint density at radius 3 is 2.68 bits per heavy atom. The lowest BCUT2D eigenvalue weighted by Crippen LogP contribution is -2.13. The van der Waals surface area contributed by atoms with Crippen molar-refractivity contribution in [1.82, 2.24) is 4.68 Å². The normalized spacial score (nSPS) is 11.9. The number of nitrogens with zero attached hydrogens (tertiary/aromatic N) is 4. The first-order valence-corrected chi connectivity index (χ1v) is 10.7. The summed E-state index contributed by atoms with van der Waals surface area (Å²) >= 11 is 19.5. The van der Waals surface area contributed by atoms with Gasteiger partial charge in [0.15, 0.2) is 0 Å². The van der Waals surface area contributed by atoms with Gasteiger partial charge in [-0.15, -0.1) is 11.3 Å². The molecule has 1 aromatic heterocycles. The lowest BCUT2D eigenvalue weighted by molar-refractivity contribution is -0.385. The average molecular weight is 498 g/mol. The smallest absolute Gasteiger partial charge is 0.312 e. The molecule has 0 aliphatic carbocycles. The summed E-state index contributed by atoms with van der Waals surface area (Å²) in [5.74, 6) is -0.537. The van der Waals surface area contributed by atoms with E-state index in [-0.39, 0.29) is 10.6 Å². The quantitative estimate of drug-likeness (QED) is 0.191. The molecular weight excluding hydrogens is 483 g/mol. The van der Waals surface area contributed by atoms with Crippen molar-refractivity contribution in [2.75, 3.05) is 6.54 Å². The minimum absolute atomic E-state index is 0.0869. The topological polar surface area (TPSA) is 93.0 Å². The van der Waals surface area contributed by atoms with E-state index in [0.717, 1.165) is 17.2 Å². The predicted molar refractivity (Wildman–Crippen MR) is 126 cm³/mol. The molecule has 1 heterocycles. The van der Waals surface area contributed by atoms with Crippen LogP contribution in [0.5, 0.6) is 5.75 Å². The Kier molecular flexibility index (Phi) is 7.17. The standard InChI is InChI=1S/C20H15Cl3N4O3S/c1-11(2)8-24-20-26(18(10-31-20)12-3-4-15(22)16(23)6-12)25-9-13-5-14(21)7-17(19(13)28)27(29)30/h3-7,9-10,28H,1,8H2,2H3. The molecule has 7 nitrogen and oxygen atoms in total. The maximum absolute atomic E-state index is 11.2. The molecule has 0 bridgehead atoms. The number of benzene rings is 2. The van der Waals surface area contributed by atoms with Gasteiger partial charge in [0, 0.05) is 27.6 Å². The summed E-state index contributed by atoms with van der Waals surface area (Å²) in [6.07, 6.45) is 1.28. The fourth-order valence-corrected chi connectivity index (χ4v) is 3.89. The highest BCUT2D eigenvalue weighted by molar-refractivity contribution is 7.07. The summed E-state index contributed by atoms with van der Waals surface area (Å²) in [7, 11) is 0. The molecule has 0 unspecified atom stereocenters. The molecule has 0 saturated heterocycles. The van der Waals surface area contributed by atoms with E-state index in [1.54, 1.807) is 22.9 Å². The van der Waals surface area contributed by atoms with Crippen LogP contribution < -0.4 is 4.80 Å². The third-order valence-electron chi connectivity index (χ3n) is 3.98. The molecule has 0 radical (unpaired) electrons. The molecule has 160 valence electrons. The average Bonchev–Trinajstić information content (AvgIpc) is 3.11. The zero-order valence-corrected chi connectivity index (χ0v) is 19.1. The molecule has 0 aliphatic rings. The van der Waals surface area contributed by atoms with E-state index in [1.807, 2.05) is 12.3 Å². The van der Waals surface area contributed by atoms with Crippen LogP contribution in [0.2, 0.25) is 15.1 Å². The van der Waals surface area contributed by atoms with Crippen LogP contribution >= 0.6 is 46.1 Å². The zero-order chi connectivity index (χ0) is 22.7. The van der Waals surface area contributed by atoms with Crippen molar-refractivity contribution in [1.29, 1.82) is 0 Å². The highest BCUT2D eigenvalue weighted by Crippen LogP contribution is 2.33. The Bertz CT molecular complexity index is 1280. The lowest BCUT2D eigenvalue weighted by Gasteiger charge is -2.06. The van der Waals surface area contributed by atoms with Gasteiger partial charge in [-0.1, -0.05) is 53.0 Å². The molecule has 2 aromatic carbocycles. The van der Waals surface area contributed by atoms with E-state index in [0.29, 0.717) is 27.1 Å². The van der Waals surface area contributed by atoms with Gasteiger partial charge in [0.25, 0.3) is 0 Å². The van der Waals surface area contributed by atoms with Gasteiger partial charge in [-0.3, -0.25) is 15.1 Å². The summed E-state index contributed by atoms with van der Waals surface area (Å²) < 4.78 is 1.54. The van der Waals surface area contributed by atoms with Gasteiger partial charge in [-0.05, 0) is 25.1 Å². The maximum atomic E-state index is 11.2. The van der Waals surface area contributed by atoms with Gasteiger partial charge < -0.3 is 5.11 Å². The van der Waals surface area contributed by atoms with Crippen LogP contribution in [-0.4, -0.2) is 27.5 Å². The number of nitro groups is 1. The van der Waals surface area contributed by atoms with Gasteiger partial charge in [-0.2, -0.15) is 5.10 Å². The molecule has 3 rings (SSSR count). The highest BCUT2D eigenvalue weighted by Gasteiger charge is 2.18. The fraction of sp³-hybridized carbons (Fsp3) is 0.100. The highest BCUT2D eigenvalue weighted by atomic mass is 35.5. The first-order valence-electron chi connectivity index (χ1n) is 8.69. The van der Waals surface area contributed by atoms with Gasteiger partial charge >= 0.3 is 5.69 Å². The summed E-state index contributed by atoms with van der Waals surface area (Å²) in [6, 6.07) is 7.60. The Morgan fingerprint density at radius 2 is 2.03 bits per heavy atom. The van der Waals surface area contributed by atoms with Crippen molar-refractivity contribution in [2.45, 2.75) is 6.92 Å². The van der Waals surface area contributed by atoms with Crippen LogP contribution in [0, 0.1) is 10.1 Å². The van der Waals surface area contributed by atoms with Crippen LogP contribution in [-0.2, 0) is 0 Å². The first kappa shape index (κ1) is 23.0. The number of nitro benzene ring substituents is 1. The van der Waals surface area contributed by atoms with Gasteiger partial charge in [0.1, 0.15) is 0 Å². The molecule has 31 heavy (non-hydrogen) atoms. The van der Waals surface area contributed by atoms with Gasteiger partial charge in [0.05, 0.1) is 33.4 Å². The van der Waals surface area contributed by atoms with Crippen molar-refractivity contribution in [3.8, 4) is 17.0 Å². The number of thiazole rings is 1. The van der Waals surface area contributed by atoms with Crippen LogP contribution in [0.15, 0.2) is 58.0 Å². The fourth-order valence-electron chi connectivity index (χ4n) is 2.54. The number of rotatable bonds is 6. The number of phenolic OH excluding ortho intramolecular Hbond substituents is 1. The monoisotopic (exact) mass is 496 g/mol. The van der Waals surface area contributed by atoms with Crippen LogP contribution in [0.3, 0.4) is 0 Å². The molecule has 0 aliphatic heterocycles.